The van der Waals surface area contributed by atoms with E-state index in [1.165, 1.54) is 0 Å². The van der Waals surface area contributed by atoms with Gasteiger partial charge in [0.25, 0.3) is 5.91 Å². The van der Waals surface area contributed by atoms with Gasteiger partial charge < -0.3 is 10.1 Å². The van der Waals surface area contributed by atoms with E-state index < -0.39 is 0 Å². The van der Waals surface area contributed by atoms with Crippen LogP contribution in [0.25, 0.3) is 0 Å². The molecule has 0 spiro atoms. The number of amides is 1. The number of anilines is 1. The first-order valence-electron chi connectivity index (χ1n) is 6.78. The molecule has 0 atom stereocenters. The van der Waals surface area contributed by atoms with Crippen molar-refractivity contribution in [2.24, 2.45) is 0 Å². The molecular formula is C17H17NO3. The fourth-order valence-electron chi connectivity index (χ4n) is 1.86. The van der Waals surface area contributed by atoms with Crippen molar-refractivity contribution in [3.8, 4) is 5.75 Å². The van der Waals surface area contributed by atoms with Crippen molar-refractivity contribution in [1.29, 1.82) is 0 Å². The van der Waals surface area contributed by atoms with Crippen molar-refractivity contribution in [3.05, 3.63) is 59.7 Å². The molecule has 21 heavy (non-hydrogen) atoms. The van der Waals surface area contributed by atoms with Gasteiger partial charge in [-0.05, 0) is 48.4 Å². The van der Waals surface area contributed by atoms with Crippen molar-refractivity contribution in [1.82, 2.24) is 0 Å². The average molecular weight is 283 g/mol. The number of ether oxygens (including phenoxy) is 1. The van der Waals surface area contributed by atoms with E-state index in [-0.39, 0.29) is 12.5 Å². The number of aldehydes is 1. The molecule has 2 aromatic carbocycles. The quantitative estimate of drug-likeness (QED) is 0.829. The third kappa shape index (κ3) is 4.45. The molecule has 0 radical (unpaired) electrons. The molecule has 1 amide bonds. The third-order valence-corrected chi connectivity index (χ3v) is 3.01. The molecular weight excluding hydrogens is 266 g/mol. The number of rotatable bonds is 6. The Kier molecular flexibility index (Phi) is 5.10. The third-order valence-electron chi connectivity index (χ3n) is 3.01. The first-order valence-corrected chi connectivity index (χ1v) is 6.78. The topological polar surface area (TPSA) is 55.4 Å². The summed E-state index contributed by atoms with van der Waals surface area (Å²) < 4.78 is 5.37. The number of carbonyl (C=O) groups excluding carboxylic acids is 2. The van der Waals surface area contributed by atoms with Crippen LogP contribution in [0.2, 0.25) is 0 Å². The average Bonchev–Trinajstić information content (AvgIpc) is 2.53. The maximum Gasteiger partial charge on any atom is 0.262 e. The lowest BCUT2D eigenvalue weighted by Crippen LogP contribution is -2.20. The van der Waals surface area contributed by atoms with E-state index in [2.05, 4.69) is 12.2 Å². The minimum Gasteiger partial charge on any atom is -0.484 e. The summed E-state index contributed by atoms with van der Waals surface area (Å²) in [5.74, 6) is 0.334. The van der Waals surface area contributed by atoms with Gasteiger partial charge in [0.15, 0.2) is 6.61 Å². The Hall–Kier alpha value is -2.62. The van der Waals surface area contributed by atoms with Crippen LogP contribution in [0.3, 0.4) is 0 Å². The second kappa shape index (κ2) is 7.24. The molecule has 0 aliphatic heterocycles. The highest BCUT2D eigenvalue weighted by molar-refractivity contribution is 5.91. The van der Waals surface area contributed by atoms with E-state index in [0.717, 1.165) is 24.0 Å². The van der Waals surface area contributed by atoms with Crippen molar-refractivity contribution in [2.45, 2.75) is 13.3 Å². The van der Waals surface area contributed by atoms with Crippen LogP contribution >= 0.6 is 0 Å². The standard InChI is InChI=1S/C17H17NO3/c1-2-13-4-3-5-15(10-13)18-17(20)12-21-16-8-6-14(11-19)7-9-16/h3-11H,2,12H2,1H3,(H,18,20). The smallest absolute Gasteiger partial charge is 0.262 e. The summed E-state index contributed by atoms with van der Waals surface area (Å²) in [6.45, 7) is 1.99. The SMILES string of the molecule is CCc1cccc(NC(=O)COc2ccc(C=O)cc2)c1. The molecule has 0 unspecified atom stereocenters. The van der Waals surface area contributed by atoms with Gasteiger partial charge in [-0.1, -0.05) is 19.1 Å². The number of nitrogens with one attached hydrogen (secondary N) is 1. The fraction of sp³-hybridized carbons (Fsp3) is 0.176. The van der Waals surface area contributed by atoms with Crippen LogP contribution in [0.4, 0.5) is 5.69 Å². The number of benzene rings is 2. The first-order chi connectivity index (χ1) is 10.2. The summed E-state index contributed by atoms with van der Waals surface area (Å²) in [7, 11) is 0. The summed E-state index contributed by atoms with van der Waals surface area (Å²) in [6, 6.07) is 14.3. The van der Waals surface area contributed by atoms with Crippen LogP contribution in [-0.2, 0) is 11.2 Å². The molecule has 0 aromatic heterocycles. The van der Waals surface area contributed by atoms with Crippen LogP contribution in [0, 0.1) is 0 Å². The molecule has 0 heterocycles. The Labute approximate surface area is 123 Å². The van der Waals surface area contributed by atoms with Crippen LogP contribution < -0.4 is 10.1 Å². The highest BCUT2D eigenvalue weighted by Crippen LogP contribution is 2.13. The maximum atomic E-state index is 11.8. The van der Waals surface area contributed by atoms with E-state index in [1.807, 2.05) is 24.3 Å². The van der Waals surface area contributed by atoms with Gasteiger partial charge in [-0.3, -0.25) is 9.59 Å². The lowest BCUT2D eigenvalue weighted by atomic mass is 10.1. The fourth-order valence-corrected chi connectivity index (χ4v) is 1.86. The summed E-state index contributed by atoms with van der Waals surface area (Å²) in [5.41, 5.74) is 2.50. The Morgan fingerprint density at radius 3 is 2.62 bits per heavy atom. The van der Waals surface area contributed by atoms with Gasteiger partial charge in [-0.25, -0.2) is 0 Å². The first kappa shape index (κ1) is 14.8. The van der Waals surface area contributed by atoms with E-state index in [1.54, 1.807) is 24.3 Å². The largest absolute Gasteiger partial charge is 0.484 e. The Morgan fingerprint density at radius 2 is 1.95 bits per heavy atom. The second-order valence-corrected chi connectivity index (χ2v) is 4.58. The molecule has 0 aliphatic rings. The van der Waals surface area contributed by atoms with Gasteiger partial charge >= 0.3 is 0 Å². The summed E-state index contributed by atoms with van der Waals surface area (Å²) >= 11 is 0. The van der Waals surface area contributed by atoms with Gasteiger partial charge in [0.05, 0.1) is 0 Å². The molecule has 0 bridgehead atoms. The number of hydrogen-bond acceptors (Lipinski definition) is 3. The zero-order valence-corrected chi connectivity index (χ0v) is 11.8. The van der Waals surface area contributed by atoms with Crippen molar-refractivity contribution < 1.29 is 14.3 Å². The molecule has 2 rings (SSSR count). The predicted octanol–water partition coefficient (Wildman–Crippen LogP) is 3.08. The number of aryl methyl sites for hydroxylation is 1. The van der Waals surface area contributed by atoms with E-state index in [0.29, 0.717) is 11.3 Å². The van der Waals surface area contributed by atoms with Gasteiger partial charge in [0, 0.05) is 11.3 Å². The molecule has 0 saturated heterocycles. The molecule has 0 fully saturated rings. The second-order valence-electron chi connectivity index (χ2n) is 4.58. The maximum absolute atomic E-state index is 11.8. The Morgan fingerprint density at radius 1 is 1.19 bits per heavy atom. The van der Waals surface area contributed by atoms with Gasteiger partial charge in [0.1, 0.15) is 12.0 Å². The summed E-state index contributed by atoms with van der Waals surface area (Å²) in [6.07, 6.45) is 1.68. The van der Waals surface area contributed by atoms with Gasteiger partial charge in [-0.2, -0.15) is 0 Å². The minimum atomic E-state index is -0.220. The number of hydrogen-bond donors (Lipinski definition) is 1. The normalized spacial score (nSPS) is 9.95. The highest BCUT2D eigenvalue weighted by Gasteiger charge is 2.04. The monoisotopic (exact) mass is 283 g/mol. The molecule has 4 heteroatoms. The van der Waals surface area contributed by atoms with Crippen LogP contribution in [0.1, 0.15) is 22.8 Å². The molecule has 0 saturated carbocycles. The lowest BCUT2D eigenvalue weighted by molar-refractivity contribution is -0.118. The van der Waals surface area contributed by atoms with E-state index in [9.17, 15) is 9.59 Å². The van der Waals surface area contributed by atoms with E-state index in [4.69, 9.17) is 4.74 Å². The number of carbonyl (C=O) groups is 2. The Balaban J connectivity index is 1.87. The van der Waals surface area contributed by atoms with Crippen LogP contribution in [0.5, 0.6) is 5.75 Å². The molecule has 2 aromatic rings. The molecule has 108 valence electrons. The molecule has 0 aliphatic carbocycles. The van der Waals surface area contributed by atoms with Gasteiger partial charge in [0.2, 0.25) is 0 Å². The predicted molar refractivity (Wildman–Crippen MR) is 81.8 cm³/mol. The zero-order valence-electron chi connectivity index (χ0n) is 11.8. The summed E-state index contributed by atoms with van der Waals surface area (Å²) in [4.78, 5) is 22.4. The van der Waals surface area contributed by atoms with E-state index >= 15 is 0 Å². The highest BCUT2D eigenvalue weighted by atomic mass is 16.5. The zero-order chi connectivity index (χ0) is 15.1. The molecule has 4 nitrogen and oxygen atoms in total. The molecule has 1 N–H and O–H groups in total. The van der Waals surface area contributed by atoms with Crippen LogP contribution in [-0.4, -0.2) is 18.8 Å². The lowest BCUT2D eigenvalue weighted by Gasteiger charge is -2.08. The van der Waals surface area contributed by atoms with Crippen molar-refractivity contribution in [2.75, 3.05) is 11.9 Å². The Bertz CT molecular complexity index is 620. The van der Waals surface area contributed by atoms with Crippen molar-refractivity contribution >= 4 is 17.9 Å². The minimum absolute atomic E-state index is 0.0726. The van der Waals surface area contributed by atoms with Crippen molar-refractivity contribution in [3.63, 3.8) is 0 Å². The van der Waals surface area contributed by atoms with Gasteiger partial charge in [-0.15, -0.1) is 0 Å². The summed E-state index contributed by atoms with van der Waals surface area (Å²) in [5, 5.41) is 2.79. The van der Waals surface area contributed by atoms with Crippen LogP contribution in [0.15, 0.2) is 48.5 Å².